The van der Waals surface area contributed by atoms with Crippen molar-refractivity contribution in [1.82, 2.24) is 9.29 Å². The number of fused-ring (bicyclic) bond motifs is 1. The van der Waals surface area contributed by atoms with E-state index in [0.717, 1.165) is 11.8 Å². The third kappa shape index (κ3) is 3.86. The largest absolute Gasteiger partial charge is 0.395 e. The minimum atomic E-state index is -3.68. The first kappa shape index (κ1) is 20.7. The lowest BCUT2D eigenvalue weighted by Gasteiger charge is -2.22. The van der Waals surface area contributed by atoms with Crippen LogP contribution in [0, 0.1) is 0 Å². The van der Waals surface area contributed by atoms with E-state index in [1.807, 2.05) is 0 Å². The second-order valence-corrected chi connectivity index (χ2v) is 7.82. The molecule has 1 aliphatic rings. The normalized spacial score (nSPS) is 18.7. The SMILES string of the molecule is Cl.NC(=NCl)Nc1cncc2cc(S(=O)(=O)N3CCCC3CO)ccc12. The van der Waals surface area contributed by atoms with Crippen LogP contribution in [0.3, 0.4) is 0 Å². The van der Waals surface area contributed by atoms with Gasteiger partial charge in [-0.25, -0.2) is 8.42 Å². The third-order valence-corrected chi connectivity index (χ3v) is 6.35. The summed E-state index contributed by atoms with van der Waals surface area (Å²) < 4.78 is 30.4. The van der Waals surface area contributed by atoms with E-state index in [0.29, 0.717) is 24.0 Å². The molecule has 2 heterocycles. The smallest absolute Gasteiger partial charge is 0.243 e. The zero-order valence-electron chi connectivity index (χ0n) is 13.7. The summed E-state index contributed by atoms with van der Waals surface area (Å²) in [5.41, 5.74) is 6.13. The number of rotatable bonds is 4. The van der Waals surface area contributed by atoms with E-state index < -0.39 is 10.0 Å². The molecule has 0 aliphatic carbocycles. The van der Waals surface area contributed by atoms with Crippen LogP contribution in [0.1, 0.15) is 12.8 Å². The maximum absolute atomic E-state index is 12.9. The molecule has 4 N–H and O–H groups in total. The molecule has 26 heavy (non-hydrogen) atoms. The van der Waals surface area contributed by atoms with Gasteiger partial charge < -0.3 is 16.2 Å². The topological polar surface area (TPSA) is 121 Å². The molecule has 0 amide bonds. The summed E-state index contributed by atoms with van der Waals surface area (Å²) >= 11 is 5.31. The number of pyridine rings is 1. The predicted octanol–water partition coefficient (Wildman–Crippen LogP) is 1.68. The minimum absolute atomic E-state index is 0. The van der Waals surface area contributed by atoms with Crippen LogP contribution < -0.4 is 11.1 Å². The lowest BCUT2D eigenvalue weighted by Crippen LogP contribution is -2.37. The zero-order chi connectivity index (χ0) is 18.0. The molecule has 2 aromatic rings. The Bertz CT molecular complexity index is 923. The Morgan fingerprint density at radius 3 is 2.92 bits per heavy atom. The number of anilines is 1. The van der Waals surface area contributed by atoms with Gasteiger partial charge in [-0.05, 0) is 25.0 Å². The van der Waals surface area contributed by atoms with Crippen molar-refractivity contribution in [3.8, 4) is 0 Å². The summed E-state index contributed by atoms with van der Waals surface area (Å²) in [4.78, 5) is 4.25. The highest BCUT2D eigenvalue weighted by Crippen LogP contribution is 2.29. The number of aromatic nitrogens is 1. The number of nitrogens with zero attached hydrogens (tertiary/aromatic N) is 3. The number of nitrogens with two attached hydrogens (primary N) is 1. The van der Waals surface area contributed by atoms with Crippen LogP contribution in [-0.2, 0) is 10.0 Å². The van der Waals surface area contributed by atoms with E-state index in [-0.39, 0.29) is 35.9 Å². The standard InChI is InChI=1S/C15H18ClN5O3S.ClH/c16-20-15(17)19-14-8-18-7-10-6-12(3-4-13(10)14)25(23,24)21-5-1-2-11(21)9-22;/h3-4,6-8,11,22H,1-2,5,9H2,(H3,17,19,20);1H. The van der Waals surface area contributed by atoms with Gasteiger partial charge in [-0.1, -0.05) is 6.07 Å². The molecule has 0 spiro atoms. The Balaban J connectivity index is 0.00000243. The summed E-state index contributed by atoms with van der Waals surface area (Å²) in [5.74, 6) is 0.00974. The Labute approximate surface area is 162 Å². The molecule has 0 saturated carbocycles. The van der Waals surface area contributed by atoms with Crippen molar-refractivity contribution >= 4 is 56.6 Å². The molecule has 1 atom stereocenters. The molecule has 1 unspecified atom stereocenters. The second-order valence-electron chi connectivity index (χ2n) is 5.76. The number of hydrogen-bond donors (Lipinski definition) is 3. The number of halogens is 2. The van der Waals surface area contributed by atoms with Crippen LogP contribution in [0.15, 0.2) is 40.0 Å². The summed E-state index contributed by atoms with van der Waals surface area (Å²) in [7, 11) is -3.68. The molecule has 142 valence electrons. The summed E-state index contributed by atoms with van der Waals surface area (Å²) in [6, 6.07) is 4.40. The van der Waals surface area contributed by atoms with Gasteiger partial charge in [-0.15, -0.1) is 16.9 Å². The first-order valence-corrected chi connectivity index (χ1v) is 9.47. The number of benzene rings is 1. The van der Waals surface area contributed by atoms with E-state index in [4.69, 9.17) is 17.5 Å². The highest BCUT2D eigenvalue weighted by molar-refractivity contribution is 7.89. The average molecular weight is 420 g/mol. The van der Waals surface area contributed by atoms with Gasteiger partial charge in [-0.3, -0.25) is 4.98 Å². The van der Waals surface area contributed by atoms with Crippen LogP contribution in [0.4, 0.5) is 5.69 Å². The van der Waals surface area contributed by atoms with Crippen molar-refractivity contribution in [3.05, 3.63) is 30.6 Å². The fraction of sp³-hybridized carbons (Fsp3) is 0.333. The lowest BCUT2D eigenvalue weighted by atomic mass is 10.1. The number of nitrogens with one attached hydrogen (secondary N) is 1. The Morgan fingerprint density at radius 2 is 2.23 bits per heavy atom. The monoisotopic (exact) mass is 419 g/mol. The molecular weight excluding hydrogens is 401 g/mol. The van der Waals surface area contributed by atoms with E-state index in [2.05, 4.69) is 14.8 Å². The van der Waals surface area contributed by atoms with E-state index in [1.165, 1.54) is 10.4 Å². The fourth-order valence-corrected chi connectivity index (χ4v) is 4.78. The fourth-order valence-electron chi connectivity index (χ4n) is 3.02. The average Bonchev–Trinajstić information content (AvgIpc) is 3.11. The first-order valence-electron chi connectivity index (χ1n) is 7.69. The molecular formula is C15H19Cl2N5O3S. The third-order valence-electron chi connectivity index (χ3n) is 4.22. The zero-order valence-corrected chi connectivity index (χ0v) is 16.1. The van der Waals surface area contributed by atoms with Crippen LogP contribution >= 0.6 is 24.2 Å². The van der Waals surface area contributed by atoms with Gasteiger partial charge in [0, 0.05) is 41.3 Å². The molecule has 8 nitrogen and oxygen atoms in total. The highest BCUT2D eigenvalue weighted by Gasteiger charge is 2.34. The van der Waals surface area contributed by atoms with Crippen LogP contribution in [0.2, 0.25) is 0 Å². The number of guanidine groups is 1. The quantitative estimate of drug-likeness (QED) is 0.511. The van der Waals surface area contributed by atoms with Gasteiger partial charge in [-0.2, -0.15) is 4.31 Å². The van der Waals surface area contributed by atoms with Crippen LogP contribution in [0.5, 0.6) is 0 Å². The number of aliphatic hydroxyl groups is 1. The minimum Gasteiger partial charge on any atom is -0.395 e. The van der Waals surface area contributed by atoms with E-state index in [9.17, 15) is 13.5 Å². The van der Waals surface area contributed by atoms with Gasteiger partial charge in [0.15, 0.2) is 0 Å². The lowest BCUT2D eigenvalue weighted by molar-refractivity contribution is 0.213. The van der Waals surface area contributed by atoms with Crippen molar-refractivity contribution in [2.24, 2.45) is 10.2 Å². The molecule has 0 radical (unpaired) electrons. The van der Waals surface area contributed by atoms with Crippen LogP contribution in [0.25, 0.3) is 10.8 Å². The molecule has 3 rings (SSSR count). The maximum atomic E-state index is 12.9. The summed E-state index contributed by atoms with van der Waals surface area (Å²) in [5, 5.41) is 13.6. The highest BCUT2D eigenvalue weighted by atomic mass is 35.5. The van der Waals surface area contributed by atoms with Gasteiger partial charge in [0.2, 0.25) is 16.0 Å². The van der Waals surface area contributed by atoms with Crippen molar-refractivity contribution in [1.29, 1.82) is 0 Å². The summed E-state index contributed by atoms with van der Waals surface area (Å²) in [6.45, 7) is 0.230. The van der Waals surface area contributed by atoms with Crippen molar-refractivity contribution in [3.63, 3.8) is 0 Å². The molecule has 1 saturated heterocycles. The molecule has 0 bridgehead atoms. The van der Waals surface area contributed by atoms with Crippen molar-refractivity contribution in [2.75, 3.05) is 18.5 Å². The number of aliphatic hydroxyl groups excluding tert-OH is 1. The second kappa shape index (κ2) is 8.36. The van der Waals surface area contributed by atoms with Crippen LogP contribution in [-0.4, -0.2) is 48.0 Å². The van der Waals surface area contributed by atoms with E-state index >= 15 is 0 Å². The first-order chi connectivity index (χ1) is 12.0. The van der Waals surface area contributed by atoms with E-state index in [1.54, 1.807) is 24.5 Å². The van der Waals surface area contributed by atoms with Gasteiger partial charge >= 0.3 is 0 Å². The van der Waals surface area contributed by atoms with Gasteiger partial charge in [0.05, 0.1) is 23.4 Å². The number of sulfonamides is 1. The van der Waals surface area contributed by atoms with Gasteiger partial charge in [0.1, 0.15) is 0 Å². The Kier molecular flexibility index (Phi) is 6.64. The molecule has 1 aromatic heterocycles. The summed E-state index contributed by atoms with van der Waals surface area (Å²) in [6.07, 6.45) is 4.52. The molecule has 1 aliphatic heterocycles. The van der Waals surface area contributed by atoms with Crippen molar-refractivity contribution in [2.45, 2.75) is 23.8 Å². The Morgan fingerprint density at radius 1 is 1.46 bits per heavy atom. The van der Waals surface area contributed by atoms with Crippen molar-refractivity contribution < 1.29 is 13.5 Å². The van der Waals surface area contributed by atoms with Gasteiger partial charge in [0.25, 0.3) is 0 Å². The molecule has 1 fully saturated rings. The number of hydrogen-bond acceptors (Lipinski definition) is 5. The molecule has 11 heteroatoms. The molecule has 1 aromatic carbocycles. The Hall–Kier alpha value is -1.65. The predicted molar refractivity (Wildman–Crippen MR) is 104 cm³/mol. The maximum Gasteiger partial charge on any atom is 0.243 e.